The molecular formula is C34H34N4O2. The summed E-state index contributed by atoms with van der Waals surface area (Å²) in [5.74, 6) is 1.92. The Labute approximate surface area is 235 Å². The van der Waals surface area contributed by atoms with Gasteiger partial charge in [0.05, 0.1) is 17.5 Å². The van der Waals surface area contributed by atoms with Gasteiger partial charge in [-0.15, -0.1) is 0 Å². The van der Waals surface area contributed by atoms with Gasteiger partial charge in [-0.2, -0.15) is 0 Å². The van der Waals surface area contributed by atoms with Crippen LogP contribution >= 0.6 is 0 Å². The molecule has 6 heteroatoms. The molecule has 2 heterocycles. The predicted molar refractivity (Wildman–Crippen MR) is 160 cm³/mol. The highest BCUT2D eigenvalue weighted by Crippen LogP contribution is 2.29. The number of carbonyl (C=O) groups excluding carboxylic acids is 1. The Morgan fingerprint density at radius 2 is 1.43 bits per heavy atom. The molecule has 0 N–H and O–H groups in total. The lowest BCUT2D eigenvalue weighted by molar-refractivity contribution is -0.130. The summed E-state index contributed by atoms with van der Waals surface area (Å²) in [6.45, 7) is 5.82. The smallest absolute Gasteiger partial charge is 0.227 e. The van der Waals surface area contributed by atoms with Crippen molar-refractivity contribution >= 4 is 22.6 Å². The van der Waals surface area contributed by atoms with E-state index in [1.807, 2.05) is 71.6 Å². The van der Waals surface area contributed by atoms with Gasteiger partial charge in [0, 0.05) is 38.4 Å². The van der Waals surface area contributed by atoms with Gasteiger partial charge in [0.1, 0.15) is 5.75 Å². The topological polar surface area (TPSA) is 50.6 Å². The fraction of sp³-hybridized carbons (Fsp3) is 0.235. The number of amides is 1. The molecule has 0 saturated carbocycles. The van der Waals surface area contributed by atoms with Crippen molar-refractivity contribution in [2.45, 2.75) is 26.0 Å². The second-order valence-corrected chi connectivity index (χ2v) is 10.3. The number of carbonyl (C=O) groups is 1. The number of aromatic nitrogens is 2. The number of imidazole rings is 1. The first kappa shape index (κ1) is 25.7. The minimum absolute atomic E-state index is 0.194. The summed E-state index contributed by atoms with van der Waals surface area (Å²) in [6.07, 6.45) is 0.235. The highest BCUT2D eigenvalue weighted by atomic mass is 16.5. The van der Waals surface area contributed by atoms with Gasteiger partial charge >= 0.3 is 0 Å². The van der Waals surface area contributed by atoms with E-state index in [1.165, 1.54) is 5.56 Å². The minimum Gasteiger partial charge on any atom is -0.483 e. The standard InChI is InChI=1S/C34H34N4O2/c1-26(40-30-15-9-4-10-16-30)34-35-31-18-17-29(24-32(31)38(34)25-28-13-7-3-8-14-28)36-19-21-37(22-20-36)33(39)23-27-11-5-2-6-12-27/h2-18,24,26H,19-23,25H2,1H3. The largest absolute Gasteiger partial charge is 0.483 e. The molecule has 202 valence electrons. The van der Waals surface area contributed by atoms with Crippen molar-refractivity contribution in [1.82, 2.24) is 14.5 Å². The zero-order valence-corrected chi connectivity index (χ0v) is 22.8. The molecule has 40 heavy (non-hydrogen) atoms. The van der Waals surface area contributed by atoms with Crippen LogP contribution in [0.2, 0.25) is 0 Å². The average molecular weight is 531 g/mol. The first-order chi connectivity index (χ1) is 19.6. The van der Waals surface area contributed by atoms with E-state index in [1.54, 1.807) is 0 Å². The van der Waals surface area contributed by atoms with Crippen molar-refractivity contribution < 1.29 is 9.53 Å². The molecule has 1 amide bonds. The number of piperazine rings is 1. The third-order valence-corrected chi connectivity index (χ3v) is 7.56. The fourth-order valence-corrected chi connectivity index (χ4v) is 5.42. The van der Waals surface area contributed by atoms with Gasteiger partial charge in [-0.1, -0.05) is 78.9 Å². The molecule has 1 aliphatic heterocycles. The second-order valence-electron chi connectivity index (χ2n) is 10.3. The van der Waals surface area contributed by atoms with Crippen LogP contribution in [0.3, 0.4) is 0 Å². The summed E-state index contributed by atoms with van der Waals surface area (Å²) in [6, 6.07) is 36.9. The van der Waals surface area contributed by atoms with E-state index >= 15 is 0 Å². The molecule has 1 fully saturated rings. The van der Waals surface area contributed by atoms with Crippen molar-refractivity contribution in [2.24, 2.45) is 0 Å². The third kappa shape index (κ3) is 5.71. The Balaban J connectivity index is 1.23. The van der Waals surface area contributed by atoms with Gasteiger partial charge in [0.15, 0.2) is 11.9 Å². The lowest BCUT2D eigenvalue weighted by Crippen LogP contribution is -2.49. The summed E-state index contributed by atoms with van der Waals surface area (Å²) in [4.78, 5) is 22.3. The van der Waals surface area contributed by atoms with Crippen molar-refractivity contribution in [1.29, 1.82) is 0 Å². The van der Waals surface area contributed by atoms with Crippen LogP contribution in [0.1, 0.15) is 30.0 Å². The number of ether oxygens (including phenoxy) is 1. The third-order valence-electron chi connectivity index (χ3n) is 7.56. The molecule has 1 unspecified atom stereocenters. The number of benzene rings is 4. The number of hydrogen-bond donors (Lipinski definition) is 0. The highest BCUT2D eigenvalue weighted by molar-refractivity contribution is 5.81. The summed E-state index contributed by atoms with van der Waals surface area (Å²) >= 11 is 0. The molecule has 5 aromatic rings. The summed E-state index contributed by atoms with van der Waals surface area (Å²) in [5, 5.41) is 0. The van der Waals surface area contributed by atoms with Crippen molar-refractivity contribution in [3.63, 3.8) is 0 Å². The van der Waals surface area contributed by atoms with Crippen LogP contribution < -0.4 is 9.64 Å². The van der Waals surface area contributed by atoms with Crippen LogP contribution in [-0.2, 0) is 17.8 Å². The molecule has 1 aromatic heterocycles. The van der Waals surface area contributed by atoms with E-state index < -0.39 is 0 Å². The zero-order valence-electron chi connectivity index (χ0n) is 22.8. The number of fused-ring (bicyclic) bond motifs is 1. The predicted octanol–water partition coefficient (Wildman–Crippen LogP) is 6.12. The Bertz CT molecular complexity index is 1560. The lowest BCUT2D eigenvalue weighted by Gasteiger charge is -2.36. The van der Waals surface area contributed by atoms with E-state index in [-0.39, 0.29) is 12.0 Å². The number of para-hydroxylation sites is 1. The lowest BCUT2D eigenvalue weighted by atomic mass is 10.1. The monoisotopic (exact) mass is 530 g/mol. The number of anilines is 1. The molecule has 1 saturated heterocycles. The highest BCUT2D eigenvalue weighted by Gasteiger charge is 2.23. The number of rotatable bonds is 8. The van der Waals surface area contributed by atoms with Crippen molar-refractivity contribution in [3.05, 3.63) is 126 Å². The van der Waals surface area contributed by atoms with Gasteiger partial charge in [-0.25, -0.2) is 4.98 Å². The Kier molecular flexibility index (Phi) is 7.49. The molecular weight excluding hydrogens is 496 g/mol. The van der Waals surface area contributed by atoms with Crippen molar-refractivity contribution in [2.75, 3.05) is 31.1 Å². The second kappa shape index (κ2) is 11.7. The normalized spacial score (nSPS) is 14.3. The Hall–Kier alpha value is -4.58. The van der Waals surface area contributed by atoms with Crippen LogP contribution in [0.5, 0.6) is 5.75 Å². The van der Waals surface area contributed by atoms with Crippen LogP contribution in [0.15, 0.2) is 109 Å². The van der Waals surface area contributed by atoms with Crippen LogP contribution in [0, 0.1) is 0 Å². The van der Waals surface area contributed by atoms with Gasteiger partial charge in [-0.05, 0) is 48.4 Å². The van der Waals surface area contributed by atoms with E-state index in [9.17, 15) is 4.79 Å². The first-order valence-electron chi connectivity index (χ1n) is 14.0. The Morgan fingerprint density at radius 1 is 0.800 bits per heavy atom. The van der Waals surface area contributed by atoms with E-state index in [0.29, 0.717) is 13.0 Å². The molecule has 0 radical (unpaired) electrons. The van der Waals surface area contributed by atoms with E-state index in [4.69, 9.17) is 9.72 Å². The van der Waals surface area contributed by atoms with Crippen LogP contribution in [0.25, 0.3) is 11.0 Å². The average Bonchev–Trinajstić information content (AvgIpc) is 3.36. The zero-order chi connectivity index (χ0) is 27.3. The van der Waals surface area contributed by atoms with Crippen molar-refractivity contribution in [3.8, 4) is 5.75 Å². The molecule has 0 bridgehead atoms. The Morgan fingerprint density at radius 3 is 2.10 bits per heavy atom. The molecule has 0 spiro atoms. The number of hydrogen-bond acceptors (Lipinski definition) is 4. The van der Waals surface area contributed by atoms with Gasteiger partial charge in [-0.3, -0.25) is 4.79 Å². The van der Waals surface area contributed by atoms with E-state index in [2.05, 4.69) is 58.9 Å². The first-order valence-corrected chi connectivity index (χ1v) is 14.0. The van der Waals surface area contributed by atoms with Gasteiger partial charge in [0.2, 0.25) is 5.91 Å². The molecule has 6 nitrogen and oxygen atoms in total. The minimum atomic E-state index is -0.221. The molecule has 6 rings (SSSR count). The molecule has 1 atom stereocenters. The maximum atomic E-state index is 12.9. The quantitative estimate of drug-likeness (QED) is 0.243. The maximum absolute atomic E-state index is 12.9. The fourth-order valence-electron chi connectivity index (χ4n) is 5.42. The summed E-state index contributed by atoms with van der Waals surface area (Å²) in [7, 11) is 0. The van der Waals surface area contributed by atoms with Crippen LogP contribution in [0.4, 0.5) is 5.69 Å². The SMILES string of the molecule is CC(Oc1ccccc1)c1nc2ccc(N3CCN(C(=O)Cc4ccccc4)CC3)cc2n1Cc1ccccc1. The summed E-state index contributed by atoms with van der Waals surface area (Å²) < 4.78 is 8.58. The van der Waals surface area contributed by atoms with Gasteiger partial charge in [0.25, 0.3) is 0 Å². The van der Waals surface area contributed by atoms with E-state index in [0.717, 1.165) is 60.0 Å². The molecule has 4 aromatic carbocycles. The molecule has 0 aliphatic carbocycles. The summed E-state index contributed by atoms with van der Waals surface area (Å²) in [5.41, 5.74) is 5.47. The number of nitrogens with zero attached hydrogens (tertiary/aromatic N) is 4. The maximum Gasteiger partial charge on any atom is 0.227 e. The van der Waals surface area contributed by atoms with Gasteiger partial charge < -0.3 is 19.1 Å². The van der Waals surface area contributed by atoms with Crippen LogP contribution in [-0.4, -0.2) is 46.5 Å². The molecule has 1 aliphatic rings.